The zero-order valence-electron chi connectivity index (χ0n) is 13.9. The Morgan fingerprint density at radius 3 is 2.59 bits per heavy atom. The molecule has 0 spiro atoms. The zero-order valence-corrected chi connectivity index (χ0v) is 14.7. The molecule has 1 aromatic heterocycles. The number of aromatic nitrogens is 2. The van der Waals surface area contributed by atoms with E-state index < -0.39 is 0 Å². The fourth-order valence-electron chi connectivity index (χ4n) is 2.52. The number of ether oxygens (including phenoxy) is 1. The molecule has 0 radical (unpaired) electrons. The van der Waals surface area contributed by atoms with Crippen molar-refractivity contribution in [1.82, 2.24) is 9.97 Å². The molecule has 0 aliphatic rings. The molecule has 0 saturated carbocycles. The molecule has 0 atom stereocenters. The van der Waals surface area contributed by atoms with Gasteiger partial charge in [-0.15, -0.1) is 0 Å². The first-order valence-corrected chi connectivity index (χ1v) is 9.57. The minimum atomic E-state index is 0.694. The molecule has 2 aromatic rings. The number of benzene rings is 1. The van der Waals surface area contributed by atoms with E-state index in [1.54, 1.807) is 0 Å². The number of unbranched alkanes of at least 4 members (excludes halogenated alkanes) is 6. The lowest BCUT2D eigenvalue weighted by molar-refractivity contribution is 0.340. The van der Waals surface area contributed by atoms with Crippen LogP contribution in [-0.2, 0) is 0 Å². The molecule has 122 valence electrons. The molecular weight excluding hydrogens is 292 g/mol. The van der Waals surface area contributed by atoms with E-state index in [4.69, 9.17) is 4.74 Å². The van der Waals surface area contributed by atoms with Gasteiger partial charge in [-0.2, -0.15) is 0 Å². The van der Waals surface area contributed by atoms with Crippen LogP contribution in [-0.4, -0.2) is 22.3 Å². The molecule has 2 rings (SSSR count). The minimum absolute atomic E-state index is 0.694. The largest absolute Gasteiger partial charge is 0.494 e. The predicted molar refractivity (Wildman–Crippen MR) is 96.0 cm³/mol. The second-order valence-corrected chi connectivity index (χ2v) is 6.71. The fourth-order valence-corrected chi connectivity index (χ4v) is 3.40. The number of hydrogen-bond acceptors (Lipinski definition) is 3. The summed E-state index contributed by atoms with van der Waals surface area (Å²) < 4.78 is 5.52. The molecule has 0 aliphatic carbocycles. The highest BCUT2D eigenvalue weighted by molar-refractivity contribution is 7.99. The van der Waals surface area contributed by atoms with Crippen LogP contribution in [0.25, 0.3) is 11.0 Å². The summed E-state index contributed by atoms with van der Waals surface area (Å²) in [7, 11) is 0. The maximum Gasteiger partial charge on any atom is 0.166 e. The summed E-state index contributed by atoms with van der Waals surface area (Å²) >= 11 is 1.83. The van der Waals surface area contributed by atoms with Crippen LogP contribution in [0.3, 0.4) is 0 Å². The fraction of sp³-hybridized carbons (Fsp3) is 0.611. The molecular formula is C18H28N2OS. The van der Waals surface area contributed by atoms with Crippen molar-refractivity contribution in [2.24, 2.45) is 0 Å². The molecule has 0 aliphatic heterocycles. The van der Waals surface area contributed by atoms with Gasteiger partial charge in [0.2, 0.25) is 0 Å². The van der Waals surface area contributed by atoms with Gasteiger partial charge in [0.05, 0.1) is 17.6 Å². The lowest BCUT2D eigenvalue weighted by atomic mass is 10.1. The van der Waals surface area contributed by atoms with Gasteiger partial charge in [0.1, 0.15) is 5.75 Å². The molecule has 0 saturated heterocycles. The number of fused-ring (bicyclic) bond motifs is 1. The quantitative estimate of drug-likeness (QED) is 0.420. The molecule has 1 aromatic carbocycles. The van der Waals surface area contributed by atoms with Gasteiger partial charge in [-0.3, -0.25) is 0 Å². The van der Waals surface area contributed by atoms with Crippen LogP contribution in [0, 0.1) is 0 Å². The number of nitrogens with zero attached hydrogens (tertiary/aromatic N) is 1. The van der Waals surface area contributed by atoms with Gasteiger partial charge < -0.3 is 9.72 Å². The Morgan fingerprint density at radius 1 is 1.05 bits per heavy atom. The van der Waals surface area contributed by atoms with Crippen LogP contribution in [0.4, 0.5) is 0 Å². The van der Waals surface area contributed by atoms with Crippen molar-refractivity contribution in [1.29, 1.82) is 0 Å². The van der Waals surface area contributed by atoms with Gasteiger partial charge in [-0.1, -0.05) is 57.2 Å². The van der Waals surface area contributed by atoms with Gasteiger partial charge in [-0.25, -0.2) is 4.98 Å². The van der Waals surface area contributed by atoms with E-state index in [2.05, 4.69) is 16.9 Å². The number of H-pyrrole nitrogens is 1. The molecule has 3 nitrogen and oxygen atoms in total. The van der Waals surface area contributed by atoms with Gasteiger partial charge in [0, 0.05) is 11.8 Å². The van der Waals surface area contributed by atoms with Crippen molar-refractivity contribution in [3.05, 3.63) is 18.2 Å². The average molecular weight is 321 g/mol. The third-order valence-electron chi connectivity index (χ3n) is 3.73. The van der Waals surface area contributed by atoms with Crippen LogP contribution in [0.2, 0.25) is 0 Å². The summed E-state index contributed by atoms with van der Waals surface area (Å²) in [6.45, 7) is 4.96. The standard InChI is InChI=1S/C18H28N2OS/c1-3-5-6-7-8-9-10-13-22-18-19-16-12-11-15(21-4-2)14-17(16)20-18/h11-12,14H,3-10,13H2,1-2H3,(H,19,20). The number of nitrogens with one attached hydrogen (secondary N) is 1. The topological polar surface area (TPSA) is 37.9 Å². The number of aromatic amines is 1. The van der Waals surface area contributed by atoms with Crippen molar-refractivity contribution >= 4 is 22.8 Å². The smallest absolute Gasteiger partial charge is 0.166 e. The van der Waals surface area contributed by atoms with E-state index in [1.807, 2.05) is 36.9 Å². The Morgan fingerprint density at radius 2 is 1.82 bits per heavy atom. The van der Waals surface area contributed by atoms with Gasteiger partial charge in [0.25, 0.3) is 0 Å². The molecule has 1 N–H and O–H groups in total. The minimum Gasteiger partial charge on any atom is -0.494 e. The summed E-state index contributed by atoms with van der Waals surface area (Å²) in [5.41, 5.74) is 2.08. The number of rotatable bonds is 11. The zero-order chi connectivity index (χ0) is 15.6. The van der Waals surface area contributed by atoms with Crippen molar-refractivity contribution < 1.29 is 4.74 Å². The molecule has 0 amide bonds. The maximum atomic E-state index is 5.52. The summed E-state index contributed by atoms with van der Waals surface area (Å²) in [5.74, 6) is 2.05. The molecule has 4 heteroatoms. The van der Waals surface area contributed by atoms with Crippen LogP contribution >= 0.6 is 11.8 Å². The third-order valence-corrected chi connectivity index (χ3v) is 4.69. The highest BCUT2D eigenvalue weighted by atomic mass is 32.2. The van der Waals surface area contributed by atoms with Crippen LogP contribution < -0.4 is 4.74 Å². The van der Waals surface area contributed by atoms with E-state index >= 15 is 0 Å². The third kappa shape index (κ3) is 5.56. The highest BCUT2D eigenvalue weighted by Gasteiger charge is 2.04. The highest BCUT2D eigenvalue weighted by Crippen LogP contribution is 2.24. The first-order chi connectivity index (χ1) is 10.8. The van der Waals surface area contributed by atoms with Crippen LogP contribution in [0.5, 0.6) is 5.75 Å². The van der Waals surface area contributed by atoms with E-state index in [0.717, 1.165) is 27.7 Å². The van der Waals surface area contributed by atoms with Crippen LogP contribution in [0.15, 0.2) is 23.4 Å². The van der Waals surface area contributed by atoms with Gasteiger partial charge in [-0.05, 0) is 25.5 Å². The summed E-state index contributed by atoms with van der Waals surface area (Å²) in [6.07, 6.45) is 9.49. The average Bonchev–Trinajstić information content (AvgIpc) is 2.92. The first kappa shape index (κ1) is 17.2. The molecule has 0 unspecified atom stereocenters. The number of imidazole rings is 1. The molecule has 0 bridgehead atoms. The molecule has 0 fully saturated rings. The molecule has 1 heterocycles. The number of thioether (sulfide) groups is 1. The first-order valence-electron chi connectivity index (χ1n) is 8.59. The van der Waals surface area contributed by atoms with E-state index in [0.29, 0.717) is 6.61 Å². The van der Waals surface area contributed by atoms with E-state index in [1.165, 1.54) is 44.9 Å². The normalized spacial score (nSPS) is 11.2. The molecule has 22 heavy (non-hydrogen) atoms. The monoisotopic (exact) mass is 320 g/mol. The Kier molecular flexibility index (Phi) is 7.64. The van der Waals surface area contributed by atoms with Crippen molar-refractivity contribution in [3.8, 4) is 5.75 Å². The predicted octanol–water partition coefficient (Wildman–Crippen LogP) is 5.80. The van der Waals surface area contributed by atoms with Gasteiger partial charge >= 0.3 is 0 Å². The lowest BCUT2D eigenvalue weighted by Crippen LogP contribution is -1.90. The Labute approximate surface area is 138 Å². The van der Waals surface area contributed by atoms with Gasteiger partial charge in [0.15, 0.2) is 5.16 Å². The van der Waals surface area contributed by atoms with E-state index in [9.17, 15) is 0 Å². The second-order valence-electron chi connectivity index (χ2n) is 5.62. The SMILES string of the molecule is CCCCCCCCCSc1nc2ccc(OCC)cc2[nH]1. The number of hydrogen-bond donors (Lipinski definition) is 1. The second kappa shape index (κ2) is 9.78. The Bertz CT molecular complexity index is 553. The lowest BCUT2D eigenvalue weighted by Gasteiger charge is -2.01. The van der Waals surface area contributed by atoms with Crippen molar-refractivity contribution in [2.75, 3.05) is 12.4 Å². The van der Waals surface area contributed by atoms with E-state index in [-0.39, 0.29) is 0 Å². The summed E-state index contributed by atoms with van der Waals surface area (Å²) in [5, 5.41) is 1.02. The summed E-state index contributed by atoms with van der Waals surface area (Å²) in [6, 6.07) is 6.04. The van der Waals surface area contributed by atoms with Crippen molar-refractivity contribution in [2.45, 2.75) is 63.9 Å². The summed E-state index contributed by atoms with van der Waals surface area (Å²) in [4.78, 5) is 8.01. The Balaban J connectivity index is 1.70. The Hall–Kier alpha value is -1.16. The van der Waals surface area contributed by atoms with Crippen molar-refractivity contribution in [3.63, 3.8) is 0 Å². The maximum absolute atomic E-state index is 5.52. The van der Waals surface area contributed by atoms with Crippen LogP contribution in [0.1, 0.15) is 58.8 Å².